The molecular formula is C17H16FN3OS. The molecule has 4 nitrogen and oxygen atoms in total. The van der Waals surface area contributed by atoms with Crippen molar-refractivity contribution in [3.05, 3.63) is 46.7 Å². The number of hydrogen-bond donors (Lipinski definition) is 0. The largest absolute Gasteiger partial charge is 0.345 e. The maximum atomic E-state index is 13.9. The molecule has 1 aliphatic rings. The second kappa shape index (κ2) is 6.80. The summed E-state index contributed by atoms with van der Waals surface area (Å²) in [7, 11) is 0. The Kier molecular flexibility index (Phi) is 4.58. The maximum absolute atomic E-state index is 13.9. The predicted octanol–water partition coefficient (Wildman–Crippen LogP) is 2.29. The Bertz CT molecular complexity index is 756. The second-order valence-electron chi connectivity index (χ2n) is 5.28. The van der Waals surface area contributed by atoms with E-state index in [1.54, 1.807) is 47.6 Å². The van der Waals surface area contributed by atoms with Gasteiger partial charge in [-0.05, 0) is 18.6 Å². The number of aryl methyl sites for hydroxylation is 1. The molecule has 0 N–H and O–H groups in total. The number of piperazine rings is 1. The number of aromatic nitrogens is 1. The molecule has 1 aromatic heterocycles. The Labute approximate surface area is 138 Å². The van der Waals surface area contributed by atoms with E-state index in [-0.39, 0.29) is 17.3 Å². The number of amides is 1. The first-order chi connectivity index (χ1) is 11.1. The number of carbonyl (C=O) groups excluding carboxylic acids is 1. The van der Waals surface area contributed by atoms with Crippen LogP contribution >= 0.6 is 11.3 Å². The third-order valence-corrected chi connectivity index (χ3v) is 4.58. The number of nitrogens with zero attached hydrogens (tertiary/aromatic N) is 3. The molecule has 0 aliphatic carbocycles. The summed E-state index contributed by atoms with van der Waals surface area (Å²) in [5.41, 5.74) is 0.793. The van der Waals surface area contributed by atoms with Crippen LogP contribution in [-0.2, 0) is 4.79 Å². The van der Waals surface area contributed by atoms with Crippen LogP contribution in [-0.4, -0.2) is 42.0 Å². The highest BCUT2D eigenvalue weighted by molar-refractivity contribution is 7.13. The van der Waals surface area contributed by atoms with Gasteiger partial charge in [-0.1, -0.05) is 18.1 Å². The van der Waals surface area contributed by atoms with Gasteiger partial charge >= 0.3 is 0 Å². The number of rotatable bonds is 1. The molecule has 23 heavy (non-hydrogen) atoms. The molecule has 1 aromatic carbocycles. The molecule has 1 fully saturated rings. The van der Waals surface area contributed by atoms with Gasteiger partial charge in [0.25, 0.3) is 5.91 Å². The highest BCUT2D eigenvalue weighted by Gasteiger charge is 2.21. The highest BCUT2D eigenvalue weighted by atomic mass is 32.1. The number of hydrogen-bond acceptors (Lipinski definition) is 4. The van der Waals surface area contributed by atoms with Crippen molar-refractivity contribution in [2.75, 3.05) is 31.1 Å². The van der Waals surface area contributed by atoms with E-state index in [9.17, 15) is 9.18 Å². The number of carbonyl (C=O) groups is 1. The Hall–Kier alpha value is -2.39. The smallest absolute Gasteiger partial charge is 0.298 e. The minimum atomic E-state index is -0.360. The van der Waals surface area contributed by atoms with Crippen molar-refractivity contribution in [3.63, 3.8) is 0 Å². The number of benzene rings is 1. The minimum Gasteiger partial charge on any atom is -0.345 e. The predicted molar refractivity (Wildman–Crippen MR) is 88.9 cm³/mol. The topological polar surface area (TPSA) is 36.4 Å². The van der Waals surface area contributed by atoms with Crippen LogP contribution in [0.15, 0.2) is 29.8 Å². The summed E-state index contributed by atoms with van der Waals surface area (Å²) in [5.74, 6) is 4.58. The zero-order valence-corrected chi connectivity index (χ0v) is 13.6. The van der Waals surface area contributed by atoms with E-state index in [1.807, 2.05) is 5.38 Å². The minimum absolute atomic E-state index is 0.260. The van der Waals surface area contributed by atoms with Crippen LogP contribution in [0.4, 0.5) is 9.52 Å². The van der Waals surface area contributed by atoms with Gasteiger partial charge in [0, 0.05) is 43.7 Å². The first-order valence-corrected chi connectivity index (χ1v) is 8.23. The van der Waals surface area contributed by atoms with E-state index in [4.69, 9.17) is 0 Å². The van der Waals surface area contributed by atoms with Gasteiger partial charge in [-0.25, -0.2) is 9.37 Å². The summed E-state index contributed by atoms with van der Waals surface area (Å²) in [6.07, 6.45) is 1.78. The maximum Gasteiger partial charge on any atom is 0.298 e. The molecule has 118 valence electrons. The van der Waals surface area contributed by atoms with Crippen LogP contribution in [0.3, 0.4) is 0 Å². The molecule has 1 saturated heterocycles. The van der Waals surface area contributed by atoms with E-state index in [2.05, 4.69) is 21.7 Å². The van der Waals surface area contributed by atoms with Crippen LogP contribution in [0.1, 0.15) is 11.1 Å². The van der Waals surface area contributed by atoms with Gasteiger partial charge in [0.2, 0.25) is 0 Å². The molecule has 2 aromatic rings. The zero-order chi connectivity index (χ0) is 16.2. The summed E-state index contributed by atoms with van der Waals surface area (Å²) < 4.78 is 13.9. The molecule has 1 aliphatic heterocycles. The van der Waals surface area contributed by atoms with Gasteiger partial charge in [0.1, 0.15) is 5.82 Å². The Balaban J connectivity index is 1.62. The van der Waals surface area contributed by atoms with Crippen LogP contribution in [0.2, 0.25) is 0 Å². The number of thiazole rings is 1. The Morgan fingerprint density at radius 2 is 2.09 bits per heavy atom. The van der Waals surface area contributed by atoms with Crippen molar-refractivity contribution in [2.24, 2.45) is 0 Å². The Morgan fingerprint density at radius 3 is 2.78 bits per heavy atom. The van der Waals surface area contributed by atoms with Gasteiger partial charge in [-0.3, -0.25) is 4.79 Å². The molecule has 0 radical (unpaired) electrons. The lowest BCUT2D eigenvalue weighted by atomic mass is 10.1. The van der Waals surface area contributed by atoms with Crippen LogP contribution in [0.5, 0.6) is 0 Å². The summed E-state index contributed by atoms with van der Waals surface area (Å²) in [5, 5.41) is 2.92. The molecule has 0 saturated carbocycles. The monoisotopic (exact) mass is 329 g/mol. The van der Waals surface area contributed by atoms with Crippen molar-refractivity contribution in [2.45, 2.75) is 6.92 Å². The fourth-order valence-electron chi connectivity index (χ4n) is 2.42. The molecular weight excluding hydrogens is 313 g/mol. The fourth-order valence-corrected chi connectivity index (χ4v) is 3.11. The fraction of sp³-hybridized carbons (Fsp3) is 0.294. The van der Waals surface area contributed by atoms with Gasteiger partial charge in [-0.2, -0.15) is 0 Å². The molecule has 3 rings (SSSR count). The third kappa shape index (κ3) is 3.51. The SMILES string of the molecule is Cc1cccc(C#CC(=O)N2CCN(c3nccs3)CC2)c1F. The standard InChI is InChI=1S/C17H16FN3OS/c1-13-3-2-4-14(16(13)18)5-6-15(22)20-8-10-21(11-9-20)17-19-7-12-23-17/h2-4,7,12H,8-11H2,1H3. The summed E-state index contributed by atoms with van der Waals surface area (Å²) in [4.78, 5) is 20.3. The summed E-state index contributed by atoms with van der Waals surface area (Å²) in [6.45, 7) is 4.35. The van der Waals surface area contributed by atoms with E-state index in [0.29, 0.717) is 18.7 Å². The number of halogens is 1. The van der Waals surface area contributed by atoms with Crippen LogP contribution < -0.4 is 4.90 Å². The van der Waals surface area contributed by atoms with Crippen molar-refractivity contribution < 1.29 is 9.18 Å². The lowest BCUT2D eigenvalue weighted by molar-refractivity contribution is -0.125. The zero-order valence-electron chi connectivity index (χ0n) is 12.8. The van der Waals surface area contributed by atoms with E-state index >= 15 is 0 Å². The first-order valence-electron chi connectivity index (χ1n) is 7.35. The molecule has 0 bridgehead atoms. The Morgan fingerprint density at radius 1 is 1.30 bits per heavy atom. The molecule has 0 spiro atoms. The van der Waals surface area contributed by atoms with Gasteiger partial charge in [-0.15, -0.1) is 11.3 Å². The van der Waals surface area contributed by atoms with Gasteiger partial charge in [0.15, 0.2) is 5.13 Å². The van der Waals surface area contributed by atoms with Gasteiger partial charge in [0.05, 0.1) is 5.56 Å². The molecule has 6 heteroatoms. The number of anilines is 1. The van der Waals surface area contributed by atoms with Crippen molar-refractivity contribution >= 4 is 22.4 Å². The average molecular weight is 329 g/mol. The normalized spacial score (nSPS) is 14.3. The molecule has 2 heterocycles. The van der Waals surface area contributed by atoms with Crippen molar-refractivity contribution in [1.82, 2.24) is 9.88 Å². The highest BCUT2D eigenvalue weighted by Crippen LogP contribution is 2.18. The third-order valence-electron chi connectivity index (χ3n) is 3.75. The van der Waals surface area contributed by atoms with Crippen LogP contribution in [0.25, 0.3) is 0 Å². The van der Waals surface area contributed by atoms with Crippen molar-refractivity contribution in [3.8, 4) is 11.8 Å². The summed E-state index contributed by atoms with van der Waals surface area (Å²) in [6, 6.07) is 5.00. The van der Waals surface area contributed by atoms with E-state index < -0.39 is 0 Å². The van der Waals surface area contributed by atoms with Crippen LogP contribution in [0, 0.1) is 24.6 Å². The van der Waals surface area contributed by atoms with E-state index in [1.165, 1.54) is 0 Å². The first kappa shape index (κ1) is 15.5. The van der Waals surface area contributed by atoms with E-state index in [0.717, 1.165) is 18.2 Å². The molecule has 1 amide bonds. The molecule has 0 unspecified atom stereocenters. The van der Waals surface area contributed by atoms with Gasteiger partial charge < -0.3 is 9.80 Å². The lowest BCUT2D eigenvalue weighted by Crippen LogP contribution is -2.48. The second-order valence-corrected chi connectivity index (χ2v) is 6.15. The summed E-state index contributed by atoms with van der Waals surface area (Å²) >= 11 is 1.59. The molecule has 0 atom stereocenters. The quantitative estimate of drug-likeness (QED) is 0.753. The van der Waals surface area contributed by atoms with Crippen molar-refractivity contribution in [1.29, 1.82) is 0 Å². The lowest BCUT2D eigenvalue weighted by Gasteiger charge is -2.33. The average Bonchev–Trinajstić information content (AvgIpc) is 3.10.